The molecule has 0 atom stereocenters. The van der Waals surface area contributed by atoms with E-state index in [1.807, 2.05) is 0 Å². The second-order valence-corrected chi connectivity index (χ2v) is 7.79. The number of likely N-dealkylation sites (N-methyl/N-ethyl adjacent to an activating group) is 1. The van der Waals surface area contributed by atoms with Gasteiger partial charge < -0.3 is 19.9 Å². The van der Waals surface area contributed by atoms with Crippen LogP contribution in [0.25, 0.3) is 10.9 Å². The van der Waals surface area contributed by atoms with E-state index in [2.05, 4.69) is 10.3 Å². The number of methoxy groups -OCH3 is 1. The van der Waals surface area contributed by atoms with Crippen LogP contribution in [0.4, 0.5) is 22.7 Å². The predicted molar refractivity (Wildman–Crippen MR) is 132 cm³/mol. The van der Waals surface area contributed by atoms with Crippen LogP contribution in [0.5, 0.6) is 5.75 Å². The van der Waals surface area contributed by atoms with Gasteiger partial charge in [-0.1, -0.05) is 0 Å². The van der Waals surface area contributed by atoms with Crippen molar-refractivity contribution in [1.29, 1.82) is 0 Å². The number of anilines is 2. The van der Waals surface area contributed by atoms with E-state index in [4.69, 9.17) is 4.74 Å². The predicted octanol–water partition coefficient (Wildman–Crippen LogP) is 3.70. The largest absolute Gasteiger partial charge is 0.496 e. The van der Waals surface area contributed by atoms with Crippen molar-refractivity contribution in [2.24, 2.45) is 0 Å². The van der Waals surface area contributed by atoms with Gasteiger partial charge in [0.1, 0.15) is 17.0 Å². The van der Waals surface area contributed by atoms with Gasteiger partial charge in [-0.25, -0.2) is 0 Å². The Labute approximate surface area is 201 Å². The second-order valence-electron chi connectivity index (χ2n) is 7.79. The van der Waals surface area contributed by atoms with E-state index in [0.29, 0.717) is 35.4 Å². The maximum Gasteiger partial charge on any atom is 0.293 e. The quantitative estimate of drug-likeness (QED) is 0.338. The Hall–Kier alpha value is -4.48. The van der Waals surface area contributed by atoms with E-state index in [1.54, 1.807) is 50.3 Å². The molecule has 1 aromatic heterocycles. The number of nitro groups is 2. The van der Waals surface area contributed by atoms with E-state index in [-0.39, 0.29) is 29.2 Å². The first-order valence-electron chi connectivity index (χ1n) is 10.8. The molecule has 1 amide bonds. The number of carbonyl (C=O) groups excluding carboxylic acids is 1. The van der Waals surface area contributed by atoms with Gasteiger partial charge in [-0.2, -0.15) is 0 Å². The minimum absolute atomic E-state index is 0.0427. The number of ether oxygens (including phenoxy) is 1. The van der Waals surface area contributed by atoms with Gasteiger partial charge in [-0.05, 0) is 25.1 Å². The molecule has 35 heavy (non-hydrogen) atoms. The number of rotatable bonds is 10. The molecule has 0 saturated heterocycles. The lowest BCUT2D eigenvalue weighted by atomic mass is 10.1. The third kappa shape index (κ3) is 5.21. The lowest BCUT2D eigenvalue weighted by Crippen LogP contribution is -2.35. The maximum absolute atomic E-state index is 13.3. The highest BCUT2D eigenvalue weighted by Crippen LogP contribution is 2.35. The standard InChI is InChI=1S/C23H26N6O6/c1-5-27(23(30)16-13-20(29(33)34)19(26(2)3)14-21(16)35-4)12-11-24-17-8-9-18(28(31)32)15-7-6-10-25-22(15)17/h6-10,13-14,24H,5,11-12H2,1-4H3. The molecular formula is C23H26N6O6. The summed E-state index contributed by atoms with van der Waals surface area (Å²) in [4.78, 5) is 42.6. The van der Waals surface area contributed by atoms with Crippen LogP contribution in [0.2, 0.25) is 0 Å². The highest BCUT2D eigenvalue weighted by molar-refractivity contribution is 5.99. The van der Waals surface area contributed by atoms with Gasteiger partial charge >= 0.3 is 0 Å². The zero-order chi connectivity index (χ0) is 25.7. The zero-order valence-electron chi connectivity index (χ0n) is 19.8. The van der Waals surface area contributed by atoms with Crippen LogP contribution in [-0.2, 0) is 0 Å². The zero-order valence-corrected chi connectivity index (χ0v) is 19.8. The summed E-state index contributed by atoms with van der Waals surface area (Å²) in [6.45, 7) is 2.75. The van der Waals surface area contributed by atoms with Crippen LogP contribution in [-0.4, -0.2) is 66.5 Å². The minimum Gasteiger partial charge on any atom is -0.496 e. The van der Waals surface area contributed by atoms with Gasteiger partial charge in [0.15, 0.2) is 0 Å². The van der Waals surface area contributed by atoms with E-state index in [0.717, 1.165) is 0 Å². The Morgan fingerprint density at radius 2 is 1.83 bits per heavy atom. The van der Waals surface area contributed by atoms with Crippen LogP contribution < -0.4 is 15.0 Å². The minimum atomic E-state index is -0.532. The van der Waals surface area contributed by atoms with Gasteiger partial charge in [-0.15, -0.1) is 0 Å². The molecule has 184 valence electrons. The summed E-state index contributed by atoms with van der Waals surface area (Å²) in [7, 11) is 4.75. The maximum atomic E-state index is 13.3. The van der Waals surface area contributed by atoms with Crippen LogP contribution in [0.1, 0.15) is 17.3 Å². The van der Waals surface area contributed by atoms with Crippen molar-refractivity contribution in [3.8, 4) is 5.75 Å². The number of hydrogen-bond donors (Lipinski definition) is 1. The van der Waals surface area contributed by atoms with Crippen LogP contribution in [0.15, 0.2) is 42.6 Å². The normalized spacial score (nSPS) is 10.6. The van der Waals surface area contributed by atoms with E-state index < -0.39 is 15.8 Å². The van der Waals surface area contributed by atoms with Gasteiger partial charge in [0.2, 0.25) is 0 Å². The number of nitro benzene ring substituents is 2. The first-order chi connectivity index (χ1) is 16.7. The van der Waals surface area contributed by atoms with Gasteiger partial charge in [0, 0.05) is 58.1 Å². The molecule has 0 aliphatic carbocycles. The van der Waals surface area contributed by atoms with Gasteiger partial charge in [0.05, 0.1) is 33.6 Å². The summed E-state index contributed by atoms with van der Waals surface area (Å²) >= 11 is 0. The fourth-order valence-corrected chi connectivity index (χ4v) is 3.76. The fraction of sp³-hybridized carbons (Fsp3) is 0.304. The Balaban J connectivity index is 1.83. The molecular weight excluding hydrogens is 456 g/mol. The smallest absolute Gasteiger partial charge is 0.293 e. The first-order valence-corrected chi connectivity index (χ1v) is 10.8. The molecule has 2 aromatic carbocycles. The molecule has 12 nitrogen and oxygen atoms in total. The van der Waals surface area contributed by atoms with Crippen molar-refractivity contribution < 1.29 is 19.4 Å². The Morgan fingerprint density at radius 3 is 2.43 bits per heavy atom. The Kier molecular flexibility index (Phi) is 7.64. The molecule has 3 rings (SSSR count). The van der Waals surface area contributed by atoms with Crippen LogP contribution in [0.3, 0.4) is 0 Å². The lowest BCUT2D eigenvalue weighted by molar-refractivity contribution is -0.384. The van der Waals surface area contributed by atoms with Crippen molar-refractivity contribution in [1.82, 2.24) is 9.88 Å². The monoisotopic (exact) mass is 482 g/mol. The van der Waals surface area contributed by atoms with Crippen LogP contribution >= 0.6 is 0 Å². The lowest BCUT2D eigenvalue weighted by Gasteiger charge is -2.23. The van der Waals surface area contributed by atoms with Crippen molar-refractivity contribution in [3.05, 3.63) is 68.4 Å². The molecule has 0 spiro atoms. The second kappa shape index (κ2) is 10.6. The summed E-state index contributed by atoms with van der Waals surface area (Å²) in [6, 6.07) is 8.96. The molecule has 3 aromatic rings. The summed E-state index contributed by atoms with van der Waals surface area (Å²) in [5.41, 5.74) is 1.22. The third-order valence-corrected chi connectivity index (χ3v) is 5.52. The summed E-state index contributed by atoms with van der Waals surface area (Å²) in [6.07, 6.45) is 1.55. The SMILES string of the molecule is CCN(CCNc1ccc([N+](=O)[O-])c2cccnc12)C(=O)c1cc([N+](=O)[O-])c(N(C)C)cc1OC. The molecule has 12 heteroatoms. The number of nitrogens with zero attached hydrogens (tertiary/aromatic N) is 5. The Bertz CT molecular complexity index is 1280. The number of non-ortho nitro benzene ring substituents is 1. The average molecular weight is 482 g/mol. The van der Waals surface area contributed by atoms with Crippen LogP contribution in [0, 0.1) is 20.2 Å². The number of carbonyl (C=O) groups is 1. The average Bonchev–Trinajstić information content (AvgIpc) is 2.84. The molecule has 0 aliphatic rings. The Morgan fingerprint density at radius 1 is 1.11 bits per heavy atom. The fourth-order valence-electron chi connectivity index (χ4n) is 3.76. The number of hydrogen-bond acceptors (Lipinski definition) is 9. The molecule has 0 unspecified atom stereocenters. The molecule has 1 heterocycles. The summed E-state index contributed by atoms with van der Waals surface area (Å²) < 4.78 is 5.36. The summed E-state index contributed by atoms with van der Waals surface area (Å²) in [5, 5.41) is 26.5. The van der Waals surface area contributed by atoms with Crippen molar-refractivity contribution in [3.63, 3.8) is 0 Å². The van der Waals surface area contributed by atoms with Crippen molar-refractivity contribution in [2.45, 2.75) is 6.92 Å². The highest BCUT2D eigenvalue weighted by Gasteiger charge is 2.26. The molecule has 0 aliphatic heterocycles. The van der Waals surface area contributed by atoms with Gasteiger partial charge in [-0.3, -0.25) is 30.0 Å². The molecule has 0 radical (unpaired) electrons. The molecule has 1 N–H and O–H groups in total. The molecule has 0 saturated carbocycles. The number of amides is 1. The van der Waals surface area contributed by atoms with Crippen molar-refractivity contribution >= 4 is 39.6 Å². The van der Waals surface area contributed by atoms with Crippen molar-refractivity contribution in [2.75, 3.05) is 51.1 Å². The number of aromatic nitrogens is 1. The van der Waals surface area contributed by atoms with E-state index in [1.165, 1.54) is 30.2 Å². The number of benzene rings is 2. The third-order valence-electron chi connectivity index (χ3n) is 5.52. The molecule has 0 bridgehead atoms. The first kappa shape index (κ1) is 25.1. The number of pyridine rings is 1. The van der Waals surface area contributed by atoms with E-state index >= 15 is 0 Å². The van der Waals surface area contributed by atoms with E-state index in [9.17, 15) is 25.0 Å². The highest BCUT2D eigenvalue weighted by atomic mass is 16.6. The van der Waals surface area contributed by atoms with Gasteiger partial charge in [0.25, 0.3) is 17.3 Å². The topological polar surface area (TPSA) is 144 Å². The summed E-state index contributed by atoms with van der Waals surface area (Å²) in [5.74, 6) is -0.174. The number of fused-ring (bicyclic) bond motifs is 1. The number of nitrogens with one attached hydrogen (secondary N) is 1. The molecule has 0 fully saturated rings.